The summed E-state index contributed by atoms with van der Waals surface area (Å²) in [6.45, 7) is 5.52. The highest BCUT2D eigenvalue weighted by molar-refractivity contribution is 5.82. The van der Waals surface area contributed by atoms with Crippen LogP contribution in [0.4, 0.5) is 0 Å². The minimum atomic E-state index is -0.858. The molecule has 1 saturated carbocycles. The Bertz CT molecular complexity index is 393. The molecule has 5 nitrogen and oxygen atoms in total. The van der Waals surface area contributed by atoms with Crippen LogP contribution in [0.5, 0.6) is 0 Å². The quantitative estimate of drug-likeness (QED) is 0.561. The highest BCUT2D eigenvalue weighted by atomic mass is 17.3. The number of hydrogen-bond acceptors (Lipinski definition) is 5. The number of hydrogen-bond donors (Lipinski definition) is 0. The van der Waals surface area contributed by atoms with E-state index in [0.717, 1.165) is 6.29 Å². The first kappa shape index (κ1) is 12.3. The highest BCUT2D eigenvalue weighted by Crippen LogP contribution is 2.61. The van der Waals surface area contributed by atoms with Crippen LogP contribution in [-0.4, -0.2) is 24.1 Å². The molecule has 0 unspecified atom stereocenters. The monoisotopic (exact) mass is 254 g/mol. The summed E-state index contributed by atoms with van der Waals surface area (Å²) < 4.78 is 5.85. The van der Waals surface area contributed by atoms with Crippen LogP contribution < -0.4 is 0 Å². The molecule has 0 N–H and O–H groups in total. The second-order valence-electron chi connectivity index (χ2n) is 5.90. The van der Waals surface area contributed by atoms with Gasteiger partial charge in [-0.1, -0.05) is 13.8 Å². The van der Waals surface area contributed by atoms with Gasteiger partial charge in [0.05, 0.1) is 0 Å². The average molecular weight is 254 g/mol. The van der Waals surface area contributed by atoms with Gasteiger partial charge >= 0.3 is 0 Å². The third kappa shape index (κ3) is 1.32. The summed E-state index contributed by atoms with van der Waals surface area (Å²) >= 11 is 0. The number of Topliss-reactive ketones (excluding diaryl/α,β-unsaturated/α-hetero) is 1. The summed E-state index contributed by atoms with van der Waals surface area (Å²) in [5, 5.41) is 0. The number of ether oxygens (including phenoxy) is 1. The summed E-state index contributed by atoms with van der Waals surface area (Å²) in [5.41, 5.74) is 0. The summed E-state index contributed by atoms with van der Waals surface area (Å²) in [5.74, 6) is -1.25. The molecular weight excluding hydrogens is 236 g/mol. The van der Waals surface area contributed by atoms with Crippen LogP contribution in [0.1, 0.15) is 27.2 Å². The Hall–Kier alpha value is -0.780. The third-order valence-corrected chi connectivity index (χ3v) is 4.69. The highest BCUT2D eigenvalue weighted by Gasteiger charge is 2.70. The van der Waals surface area contributed by atoms with E-state index in [9.17, 15) is 9.59 Å². The van der Waals surface area contributed by atoms with Crippen molar-refractivity contribution in [2.45, 2.75) is 39.3 Å². The minimum absolute atomic E-state index is 0.0411. The second kappa shape index (κ2) is 3.85. The van der Waals surface area contributed by atoms with Crippen LogP contribution >= 0.6 is 0 Å². The van der Waals surface area contributed by atoms with Gasteiger partial charge in [-0.2, -0.15) is 4.89 Å². The first-order chi connectivity index (χ1) is 8.51. The zero-order valence-electron chi connectivity index (χ0n) is 10.8. The molecule has 1 aliphatic carbocycles. The lowest BCUT2D eigenvalue weighted by molar-refractivity contribution is -0.386. The summed E-state index contributed by atoms with van der Waals surface area (Å²) in [6, 6.07) is 0. The number of aldehydes is 1. The van der Waals surface area contributed by atoms with Crippen molar-refractivity contribution in [2.75, 3.05) is 0 Å². The fraction of sp³-hybridized carbons (Fsp3) is 0.846. The lowest BCUT2D eigenvalue weighted by atomic mass is 9.76. The molecular formula is C13H18O5. The SMILES string of the molecule is CC(=O)[C@@H]1[C@H]2[C@@H](C[C@@H]1C=O)[C@H]1OO[C@]2(C(C)C)O1. The molecule has 6 atom stereocenters. The molecule has 0 amide bonds. The Morgan fingerprint density at radius 1 is 1.44 bits per heavy atom. The van der Waals surface area contributed by atoms with E-state index in [1.807, 2.05) is 13.8 Å². The van der Waals surface area contributed by atoms with E-state index in [2.05, 4.69) is 0 Å². The van der Waals surface area contributed by atoms with Crippen molar-refractivity contribution >= 4 is 12.1 Å². The van der Waals surface area contributed by atoms with Crippen LogP contribution in [0, 0.1) is 29.6 Å². The molecule has 18 heavy (non-hydrogen) atoms. The van der Waals surface area contributed by atoms with Crippen molar-refractivity contribution in [2.24, 2.45) is 29.6 Å². The van der Waals surface area contributed by atoms with Crippen molar-refractivity contribution in [3.8, 4) is 0 Å². The van der Waals surface area contributed by atoms with E-state index in [1.54, 1.807) is 6.92 Å². The Morgan fingerprint density at radius 3 is 2.72 bits per heavy atom. The Labute approximate surface area is 106 Å². The zero-order valence-corrected chi connectivity index (χ0v) is 10.8. The maximum atomic E-state index is 11.9. The smallest absolute Gasteiger partial charge is 0.210 e. The Balaban J connectivity index is 2.01. The van der Waals surface area contributed by atoms with Gasteiger partial charge < -0.3 is 9.53 Å². The van der Waals surface area contributed by atoms with Gasteiger partial charge in [0.2, 0.25) is 5.79 Å². The van der Waals surface area contributed by atoms with Gasteiger partial charge in [-0.15, -0.1) is 0 Å². The predicted octanol–water partition coefficient (Wildman–Crippen LogP) is 1.31. The number of rotatable bonds is 3. The molecule has 2 bridgehead atoms. The van der Waals surface area contributed by atoms with Crippen molar-refractivity contribution < 1.29 is 24.1 Å². The number of fused-ring (bicyclic) bond motifs is 5. The zero-order chi connectivity index (χ0) is 13.1. The predicted molar refractivity (Wildman–Crippen MR) is 59.9 cm³/mol. The van der Waals surface area contributed by atoms with E-state index >= 15 is 0 Å². The molecule has 0 aromatic carbocycles. The molecule has 2 aliphatic heterocycles. The topological polar surface area (TPSA) is 61.8 Å². The van der Waals surface area contributed by atoms with Gasteiger partial charge in [-0.25, -0.2) is 4.89 Å². The van der Waals surface area contributed by atoms with Crippen LogP contribution in [-0.2, 0) is 24.1 Å². The maximum Gasteiger partial charge on any atom is 0.210 e. The lowest BCUT2D eigenvalue weighted by Crippen LogP contribution is -2.47. The van der Waals surface area contributed by atoms with Crippen molar-refractivity contribution in [1.29, 1.82) is 0 Å². The molecule has 2 heterocycles. The largest absolute Gasteiger partial charge is 0.314 e. The van der Waals surface area contributed by atoms with Crippen LogP contribution in [0.2, 0.25) is 0 Å². The third-order valence-electron chi connectivity index (χ3n) is 4.69. The summed E-state index contributed by atoms with van der Waals surface area (Å²) in [6.07, 6.45) is 1.13. The standard InChI is InChI=1S/C13H18O5/c1-6(2)13-11-9(12(16-13)17-18-13)4-8(5-14)10(11)7(3)15/h5-6,8-12H,4H2,1-3H3/t8-,9-,10+,11-,12-,13+/m1/s1. The summed E-state index contributed by atoms with van der Waals surface area (Å²) in [7, 11) is 0. The van der Waals surface area contributed by atoms with E-state index in [-0.39, 0.29) is 35.4 Å². The maximum absolute atomic E-state index is 11.9. The van der Waals surface area contributed by atoms with Gasteiger partial charge in [-0.05, 0) is 13.3 Å². The van der Waals surface area contributed by atoms with Gasteiger partial charge in [0.15, 0.2) is 6.29 Å². The second-order valence-corrected chi connectivity index (χ2v) is 5.90. The first-order valence-electron chi connectivity index (χ1n) is 6.49. The number of carbonyl (C=O) groups excluding carboxylic acids is 2. The normalized spacial score (nSPS) is 49.7. The van der Waals surface area contributed by atoms with Gasteiger partial charge in [0.25, 0.3) is 0 Å². The van der Waals surface area contributed by atoms with E-state index in [0.29, 0.717) is 6.42 Å². The molecule has 0 radical (unpaired) electrons. The van der Waals surface area contributed by atoms with Crippen molar-refractivity contribution in [3.63, 3.8) is 0 Å². The molecule has 2 saturated heterocycles. The Morgan fingerprint density at radius 2 is 2.17 bits per heavy atom. The average Bonchev–Trinajstić information content (AvgIpc) is 2.97. The molecule has 3 aliphatic rings. The summed E-state index contributed by atoms with van der Waals surface area (Å²) in [4.78, 5) is 33.7. The fourth-order valence-corrected chi connectivity index (χ4v) is 3.92. The van der Waals surface area contributed by atoms with Crippen LogP contribution in [0.15, 0.2) is 0 Å². The molecule has 0 aromatic heterocycles. The minimum Gasteiger partial charge on any atom is -0.314 e. The van der Waals surface area contributed by atoms with Crippen LogP contribution in [0.3, 0.4) is 0 Å². The van der Waals surface area contributed by atoms with Gasteiger partial charge in [0.1, 0.15) is 12.1 Å². The lowest BCUT2D eigenvalue weighted by Gasteiger charge is -2.36. The van der Waals surface area contributed by atoms with Crippen molar-refractivity contribution in [3.05, 3.63) is 0 Å². The molecule has 0 aromatic rings. The molecule has 5 heteroatoms. The van der Waals surface area contributed by atoms with Gasteiger partial charge in [0, 0.05) is 29.6 Å². The fourth-order valence-electron chi connectivity index (χ4n) is 3.92. The van der Waals surface area contributed by atoms with E-state index in [1.165, 1.54) is 0 Å². The molecule has 0 spiro atoms. The van der Waals surface area contributed by atoms with Gasteiger partial charge in [-0.3, -0.25) is 4.79 Å². The van der Waals surface area contributed by atoms with E-state index < -0.39 is 12.1 Å². The molecule has 100 valence electrons. The first-order valence-corrected chi connectivity index (χ1v) is 6.49. The van der Waals surface area contributed by atoms with E-state index in [4.69, 9.17) is 14.5 Å². The molecule has 3 rings (SSSR count). The number of carbonyl (C=O) groups is 2. The Kier molecular flexibility index (Phi) is 2.63. The number of ketones is 1. The molecule has 3 fully saturated rings. The van der Waals surface area contributed by atoms with Crippen molar-refractivity contribution in [1.82, 2.24) is 0 Å². The van der Waals surface area contributed by atoms with Crippen LogP contribution in [0.25, 0.3) is 0 Å².